The fraction of sp³-hybridized carbons (Fsp3) is 0.125. The Kier molecular flexibility index (Phi) is 5.27. The summed E-state index contributed by atoms with van der Waals surface area (Å²) in [6.07, 6.45) is 3.01. The van der Waals surface area contributed by atoms with Crippen LogP contribution in [0.5, 0.6) is 0 Å². The number of pyridine rings is 1. The zero-order valence-electron chi connectivity index (χ0n) is 14.0. The third-order valence-corrected chi connectivity index (χ3v) is 3.97. The number of hydrazone groups is 1. The van der Waals surface area contributed by atoms with Crippen LogP contribution in [0.25, 0.3) is 0 Å². The van der Waals surface area contributed by atoms with E-state index in [0.29, 0.717) is 17.1 Å². The first-order valence-electron chi connectivity index (χ1n) is 7.66. The minimum atomic E-state index is -0.660. The third kappa shape index (κ3) is 4.18. The Labute approximate surface area is 157 Å². The number of aromatic nitrogens is 3. The van der Waals surface area contributed by atoms with Crippen LogP contribution in [0.2, 0.25) is 5.02 Å². The topological polar surface area (TPSA) is 128 Å². The van der Waals surface area contributed by atoms with Crippen LogP contribution in [-0.4, -0.2) is 31.8 Å². The molecule has 0 aliphatic rings. The molecule has 0 atom stereocenters. The van der Waals surface area contributed by atoms with E-state index in [0.717, 1.165) is 0 Å². The Morgan fingerprint density at radius 1 is 1.44 bits per heavy atom. The molecule has 0 aromatic carbocycles. The monoisotopic (exact) mass is 388 g/mol. The molecule has 0 fully saturated rings. The van der Waals surface area contributed by atoms with Crippen molar-refractivity contribution in [2.75, 3.05) is 0 Å². The third-order valence-electron chi connectivity index (χ3n) is 3.53. The lowest BCUT2D eigenvalue weighted by Gasteiger charge is -1.98. The van der Waals surface area contributed by atoms with Crippen molar-refractivity contribution in [3.63, 3.8) is 0 Å². The molecule has 11 heteroatoms. The minimum absolute atomic E-state index is 0.0339. The molecule has 27 heavy (non-hydrogen) atoms. The minimum Gasteiger partial charge on any atom is -0.454 e. The van der Waals surface area contributed by atoms with Crippen molar-refractivity contribution in [2.24, 2.45) is 5.10 Å². The van der Waals surface area contributed by atoms with Gasteiger partial charge in [0.25, 0.3) is 0 Å². The molecule has 138 valence electrons. The second kappa shape index (κ2) is 7.79. The van der Waals surface area contributed by atoms with Crippen LogP contribution in [0.15, 0.2) is 46.0 Å². The number of carbonyl (C=O) groups is 1. The summed E-state index contributed by atoms with van der Waals surface area (Å²) < 4.78 is 6.77. The van der Waals surface area contributed by atoms with Gasteiger partial charge < -0.3 is 14.5 Å². The van der Waals surface area contributed by atoms with Gasteiger partial charge >= 0.3 is 11.7 Å². The molecule has 0 bridgehead atoms. The maximum atomic E-state index is 12.0. The van der Waals surface area contributed by atoms with Gasteiger partial charge in [0.05, 0.1) is 22.7 Å². The number of hydrogen-bond acceptors (Lipinski definition) is 7. The van der Waals surface area contributed by atoms with Gasteiger partial charge in [0.1, 0.15) is 12.3 Å². The Morgan fingerprint density at radius 3 is 2.93 bits per heavy atom. The number of rotatable bonds is 6. The van der Waals surface area contributed by atoms with Gasteiger partial charge in [-0.25, -0.2) is 5.43 Å². The van der Waals surface area contributed by atoms with Crippen LogP contribution in [0.1, 0.15) is 27.7 Å². The number of carbonyl (C=O) groups excluding carboxylic acids is 1. The van der Waals surface area contributed by atoms with Crippen LogP contribution in [-0.2, 0) is 6.54 Å². The SMILES string of the molecule is Cc1c(Cl)c([N+](=O)[O-])nn1Cc1ccc(C(=O)NN=Cc2ccccn2)o1. The molecule has 0 saturated carbocycles. The molecule has 10 nitrogen and oxygen atoms in total. The van der Waals surface area contributed by atoms with Gasteiger partial charge in [0.2, 0.25) is 0 Å². The lowest BCUT2D eigenvalue weighted by molar-refractivity contribution is -0.389. The second-order valence-corrected chi connectivity index (χ2v) is 5.74. The number of furan rings is 1. The fourth-order valence-corrected chi connectivity index (χ4v) is 2.38. The van der Waals surface area contributed by atoms with Crippen LogP contribution in [0.4, 0.5) is 5.82 Å². The van der Waals surface area contributed by atoms with Crippen molar-refractivity contribution in [1.29, 1.82) is 0 Å². The lowest BCUT2D eigenvalue weighted by Crippen LogP contribution is -2.17. The molecule has 0 aliphatic heterocycles. The highest BCUT2D eigenvalue weighted by molar-refractivity contribution is 6.33. The number of nitrogens with zero attached hydrogens (tertiary/aromatic N) is 5. The van der Waals surface area contributed by atoms with E-state index in [1.807, 2.05) is 0 Å². The van der Waals surface area contributed by atoms with Crippen LogP contribution in [0.3, 0.4) is 0 Å². The zero-order valence-corrected chi connectivity index (χ0v) is 14.8. The average molecular weight is 389 g/mol. The second-order valence-electron chi connectivity index (χ2n) is 5.36. The summed E-state index contributed by atoms with van der Waals surface area (Å²) in [6.45, 7) is 1.69. The Bertz CT molecular complexity index is 1010. The summed E-state index contributed by atoms with van der Waals surface area (Å²) in [4.78, 5) is 26.3. The van der Waals surface area contributed by atoms with Crippen LogP contribution >= 0.6 is 11.6 Å². The van der Waals surface area contributed by atoms with Crippen LogP contribution in [0, 0.1) is 17.0 Å². The first-order valence-corrected chi connectivity index (χ1v) is 8.04. The summed E-state index contributed by atoms with van der Waals surface area (Å²) >= 11 is 5.90. The van der Waals surface area contributed by atoms with Gasteiger partial charge in [-0.3, -0.25) is 9.78 Å². The van der Waals surface area contributed by atoms with Gasteiger partial charge in [-0.05, 0) is 36.1 Å². The molecular weight excluding hydrogens is 376 g/mol. The number of amides is 1. The summed E-state index contributed by atoms with van der Waals surface area (Å²) in [5.74, 6) is -0.559. The van der Waals surface area contributed by atoms with Crippen molar-refractivity contribution in [2.45, 2.75) is 13.5 Å². The summed E-state index contributed by atoms with van der Waals surface area (Å²) in [6, 6.07) is 8.33. The number of halogens is 1. The van der Waals surface area contributed by atoms with Crippen LogP contribution < -0.4 is 5.43 Å². The van der Waals surface area contributed by atoms with E-state index in [1.54, 1.807) is 37.4 Å². The van der Waals surface area contributed by atoms with E-state index < -0.39 is 16.6 Å². The lowest BCUT2D eigenvalue weighted by atomic mass is 10.4. The number of hydrogen-bond donors (Lipinski definition) is 1. The fourth-order valence-electron chi connectivity index (χ4n) is 2.18. The highest BCUT2D eigenvalue weighted by atomic mass is 35.5. The van der Waals surface area contributed by atoms with Crippen molar-refractivity contribution in [3.05, 3.63) is 74.6 Å². The highest BCUT2D eigenvalue weighted by Gasteiger charge is 2.24. The van der Waals surface area contributed by atoms with E-state index in [2.05, 4.69) is 20.6 Å². The largest absolute Gasteiger partial charge is 0.454 e. The predicted molar refractivity (Wildman–Crippen MR) is 95.7 cm³/mol. The predicted octanol–water partition coefficient (Wildman–Crippen LogP) is 2.55. The Morgan fingerprint density at radius 2 is 2.26 bits per heavy atom. The Hall–Kier alpha value is -3.53. The quantitative estimate of drug-likeness (QED) is 0.392. The summed E-state index contributed by atoms with van der Waals surface area (Å²) in [5.41, 5.74) is 3.34. The first-order chi connectivity index (χ1) is 13.0. The van der Waals surface area contributed by atoms with E-state index >= 15 is 0 Å². The smallest absolute Gasteiger partial charge is 0.408 e. The van der Waals surface area contributed by atoms with E-state index in [4.69, 9.17) is 16.0 Å². The van der Waals surface area contributed by atoms with Gasteiger partial charge in [-0.1, -0.05) is 17.7 Å². The molecule has 0 spiro atoms. The molecule has 3 rings (SSSR count). The van der Waals surface area contributed by atoms with E-state index in [9.17, 15) is 14.9 Å². The van der Waals surface area contributed by atoms with Crippen molar-refractivity contribution in [3.8, 4) is 0 Å². The summed E-state index contributed by atoms with van der Waals surface area (Å²) in [7, 11) is 0. The maximum absolute atomic E-state index is 12.0. The maximum Gasteiger partial charge on any atom is 0.408 e. The standard InChI is InChI=1S/C16H13ClN6O4/c1-10-14(17)15(23(25)26)21-22(10)9-12-5-6-13(27-12)16(24)20-19-8-11-4-2-3-7-18-11/h2-8H,9H2,1H3,(H,20,24). The normalized spacial score (nSPS) is 11.0. The molecule has 0 unspecified atom stereocenters. The molecule has 1 amide bonds. The zero-order chi connectivity index (χ0) is 19.4. The molecule has 0 radical (unpaired) electrons. The molecule has 0 saturated heterocycles. The number of nitrogens with one attached hydrogen (secondary N) is 1. The molecule has 3 aromatic heterocycles. The summed E-state index contributed by atoms with van der Waals surface area (Å²) in [5, 5.41) is 18.5. The first kappa shape index (κ1) is 18.3. The van der Waals surface area contributed by atoms with Crippen molar-refractivity contribution in [1.82, 2.24) is 20.2 Å². The van der Waals surface area contributed by atoms with Gasteiger partial charge in [0.15, 0.2) is 10.8 Å². The van der Waals surface area contributed by atoms with E-state index in [1.165, 1.54) is 17.0 Å². The van der Waals surface area contributed by atoms with Crippen molar-refractivity contribution < 1.29 is 14.1 Å². The van der Waals surface area contributed by atoms with E-state index in [-0.39, 0.29) is 17.3 Å². The van der Waals surface area contributed by atoms with Crippen molar-refractivity contribution >= 4 is 29.5 Å². The molecule has 0 aliphatic carbocycles. The molecular formula is C16H13ClN6O4. The van der Waals surface area contributed by atoms with Gasteiger partial charge in [-0.15, -0.1) is 0 Å². The highest BCUT2D eigenvalue weighted by Crippen LogP contribution is 2.27. The average Bonchev–Trinajstić information content (AvgIpc) is 3.23. The van der Waals surface area contributed by atoms with Gasteiger partial charge in [0, 0.05) is 6.20 Å². The molecule has 1 N–H and O–H groups in total. The number of nitro groups is 1. The molecule has 3 heterocycles. The Balaban J connectivity index is 1.66. The molecule has 3 aromatic rings. The van der Waals surface area contributed by atoms with Gasteiger partial charge in [-0.2, -0.15) is 9.78 Å².